The third kappa shape index (κ3) is 3.79. The quantitative estimate of drug-likeness (QED) is 0.856. The number of pyridine rings is 1. The summed E-state index contributed by atoms with van der Waals surface area (Å²) < 4.78 is 0.661. The van der Waals surface area contributed by atoms with E-state index in [2.05, 4.69) is 26.2 Å². The number of likely N-dealkylation sites (tertiary alicyclic amines) is 1. The van der Waals surface area contributed by atoms with Gasteiger partial charge in [-0.15, -0.1) is 0 Å². The van der Waals surface area contributed by atoms with Crippen LogP contribution in [0.2, 0.25) is 0 Å². The molecular weight excluding hydrogens is 322 g/mol. The van der Waals surface area contributed by atoms with Gasteiger partial charge in [-0.05, 0) is 40.9 Å². The van der Waals surface area contributed by atoms with Crippen LogP contribution in [0.3, 0.4) is 0 Å². The van der Waals surface area contributed by atoms with E-state index >= 15 is 0 Å². The smallest absolute Gasteiger partial charge is 0.272 e. The fourth-order valence-corrected chi connectivity index (χ4v) is 2.59. The topological polar surface area (TPSA) is 62.3 Å². The molecule has 1 aromatic rings. The maximum Gasteiger partial charge on any atom is 0.272 e. The lowest BCUT2D eigenvalue weighted by Crippen LogP contribution is -2.46. The molecule has 0 spiro atoms. The predicted molar refractivity (Wildman–Crippen MR) is 79.3 cm³/mol. The second kappa shape index (κ2) is 6.83. The number of amides is 2. The summed E-state index contributed by atoms with van der Waals surface area (Å²) in [6, 6.07) is 5.50. The predicted octanol–water partition coefficient (Wildman–Crippen LogP) is 1.97. The van der Waals surface area contributed by atoms with Crippen LogP contribution in [0.4, 0.5) is 0 Å². The number of piperidine rings is 1. The fraction of sp³-hybridized carbons (Fsp3) is 0.500. The molecule has 1 saturated heterocycles. The summed E-state index contributed by atoms with van der Waals surface area (Å²) in [4.78, 5) is 29.6. The van der Waals surface area contributed by atoms with Gasteiger partial charge in [-0.2, -0.15) is 0 Å². The molecule has 5 nitrogen and oxygen atoms in total. The van der Waals surface area contributed by atoms with Crippen molar-refractivity contribution in [2.45, 2.75) is 32.2 Å². The monoisotopic (exact) mass is 339 g/mol. The SMILES string of the molecule is CCC(=O)NC1CCN(C(=O)c2cccc(Br)n2)CC1. The average molecular weight is 340 g/mol. The summed E-state index contributed by atoms with van der Waals surface area (Å²) >= 11 is 3.27. The molecule has 1 aliphatic rings. The van der Waals surface area contributed by atoms with Crippen molar-refractivity contribution in [3.8, 4) is 0 Å². The lowest BCUT2D eigenvalue weighted by Gasteiger charge is -2.32. The molecule has 1 aromatic heterocycles. The zero-order valence-corrected chi connectivity index (χ0v) is 13.0. The van der Waals surface area contributed by atoms with Crippen molar-refractivity contribution in [1.29, 1.82) is 0 Å². The number of nitrogens with one attached hydrogen (secondary N) is 1. The number of carbonyl (C=O) groups is 2. The minimum Gasteiger partial charge on any atom is -0.353 e. The Labute approximate surface area is 126 Å². The van der Waals surface area contributed by atoms with E-state index in [1.54, 1.807) is 23.1 Å². The highest BCUT2D eigenvalue weighted by molar-refractivity contribution is 9.10. The second-order valence-corrected chi connectivity index (χ2v) is 5.65. The van der Waals surface area contributed by atoms with Crippen LogP contribution in [0.25, 0.3) is 0 Å². The maximum atomic E-state index is 12.3. The van der Waals surface area contributed by atoms with Crippen molar-refractivity contribution in [2.75, 3.05) is 13.1 Å². The van der Waals surface area contributed by atoms with Crippen LogP contribution in [-0.4, -0.2) is 40.8 Å². The minimum absolute atomic E-state index is 0.0495. The third-order valence-electron chi connectivity index (χ3n) is 3.40. The van der Waals surface area contributed by atoms with Gasteiger partial charge in [0.2, 0.25) is 5.91 Å². The third-order valence-corrected chi connectivity index (χ3v) is 3.84. The van der Waals surface area contributed by atoms with Crippen LogP contribution in [-0.2, 0) is 4.79 Å². The molecule has 6 heteroatoms. The lowest BCUT2D eigenvalue weighted by atomic mass is 10.0. The number of hydrogen-bond donors (Lipinski definition) is 1. The first-order chi connectivity index (χ1) is 9.60. The van der Waals surface area contributed by atoms with E-state index in [4.69, 9.17) is 0 Å². The molecule has 0 saturated carbocycles. The summed E-state index contributed by atoms with van der Waals surface area (Å²) in [5, 5.41) is 2.98. The summed E-state index contributed by atoms with van der Waals surface area (Å²) in [6.45, 7) is 3.15. The molecule has 0 bridgehead atoms. The van der Waals surface area contributed by atoms with Crippen LogP contribution in [0, 0.1) is 0 Å². The van der Waals surface area contributed by atoms with Crippen LogP contribution < -0.4 is 5.32 Å². The number of rotatable bonds is 3. The van der Waals surface area contributed by atoms with Crippen LogP contribution >= 0.6 is 15.9 Å². The molecule has 0 aliphatic carbocycles. The Morgan fingerprint density at radius 3 is 2.70 bits per heavy atom. The van der Waals surface area contributed by atoms with Crippen molar-refractivity contribution in [3.63, 3.8) is 0 Å². The molecule has 1 fully saturated rings. The van der Waals surface area contributed by atoms with Crippen molar-refractivity contribution >= 4 is 27.7 Å². The Balaban J connectivity index is 1.90. The Bertz CT molecular complexity index is 499. The van der Waals surface area contributed by atoms with Crippen molar-refractivity contribution < 1.29 is 9.59 Å². The molecular formula is C14H18BrN3O2. The number of carbonyl (C=O) groups excluding carboxylic acids is 2. The Morgan fingerprint density at radius 2 is 2.10 bits per heavy atom. The van der Waals surface area contributed by atoms with Gasteiger partial charge in [0, 0.05) is 25.6 Å². The van der Waals surface area contributed by atoms with Gasteiger partial charge in [-0.1, -0.05) is 13.0 Å². The maximum absolute atomic E-state index is 12.3. The van der Waals surface area contributed by atoms with Gasteiger partial charge in [-0.25, -0.2) is 4.98 Å². The summed E-state index contributed by atoms with van der Waals surface area (Å²) in [5.74, 6) is 0.0231. The minimum atomic E-state index is -0.0495. The van der Waals surface area contributed by atoms with E-state index in [0.29, 0.717) is 29.8 Å². The highest BCUT2D eigenvalue weighted by Gasteiger charge is 2.24. The van der Waals surface area contributed by atoms with Gasteiger partial charge < -0.3 is 10.2 Å². The van der Waals surface area contributed by atoms with E-state index in [-0.39, 0.29) is 17.9 Å². The van der Waals surface area contributed by atoms with Gasteiger partial charge in [0.25, 0.3) is 5.91 Å². The van der Waals surface area contributed by atoms with E-state index in [9.17, 15) is 9.59 Å². The zero-order chi connectivity index (χ0) is 14.5. The molecule has 1 aliphatic heterocycles. The molecule has 0 unspecified atom stereocenters. The van der Waals surface area contributed by atoms with Gasteiger partial charge in [-0.3, -0.25) is 9.59 Å². The number of halogens is 1. The lowest BCUT2D eigenvalue weighted by molar-refractivity contribution is -0.121. The average Bonchev–Trinajstić information content (AvgIpc) is 2.47. The largest absolute Gasteiger partial charge is 0.353 e. The summed E-state index contributed by atoms with van der Waals surface area (Å²) in [6.07, 6.45) is 2.10. The van der Waals surface area contributed by atoms with Crippen molar-refractivity contribution in [1.82, 2.24) is 15.2 Å². The molecule has 2 rings (SSSR count). The number of aromatic nitrogens is 1. The Kier molecular flexibility index (Phi) is 5.11. The zero-order valence-electron chi connectivity index (χ0n) is 11.4. The van der Waals surface area contributed by atoms with Crippen LogP contribution in [0.5, 0.6) is 0 Å². The van der Waals surface area contributed by atoms with E-state index in [0.717, 1.165) is 12.8 Å². The standard InChI is InChI=1S/C14H18BrN3O2/c1-2-13(19)16-10-6-8-18(9-7-10)14(20)11-4-3-5-12(15)17-11/h3-5,10H,2,6-9H2,1H3,(H,16,19). The molecule has 1 N–H and O–H groups in total. The van der Waals surface area contributed by atoms with Gasteiger partial charge in [0.05, 0.1) is 0 Å². The normalized spacial score (nSPS) is 16.0. The molecule has 2 amide bonds. The second-order valence-electron chi connectivity index (χ2n) is 4.83. The molecule has 0 radical (unpaired) electrons. The van der Waals surface area contributed by atoms with Gasteiger partial charge >= 0.3 is 0 Å². The van der Waals surface area contributed by atoms with E-state index < -0.39 is 0 Å². The molecule has 108 valence electrons. The first-order valence-electron chi connectivity index (χ1n) is 6.81. The van der Waals surface area contributed by atoms with Crippen LogP contribution in [0.15, 0.2) is 22.8 Å². The molecule has 0 aromatic carbocycles. The fourth-order valence-electron chi connectivity index (χ4n) is 2.25. The van der Waals surface area contributed by atoms with Crippen molar-refractivity contribution in [2.24, 2.45) is 0 Å². The van der Waals surface area contributed by atoms with Crippen LogP contribution in [0.1, 0.15) is 36.7 Å². The number of hydrogen-bond acceptors (Lipinski definition) is 3. The molecule has 0 atom stereocenters. The summed E-state index contributed by atoms with van der Waals surface area (Å²) in [5.41, 5.74) is 0.454. The van der Waals surface area contributed by atoms with E-state index in [1.807, 2.05) is 6.92 Å². The van der Waals surface area contributed by atoms with Gasteiger partial charge in [0.1, 0.15) is 10.3 Å². The van der Waals surface area contributed by atoms with Crippen molar-refractivity contribution in [3.05, 3.63) is 28.5 Å². The highest BCUT2D eigenvalue weighted by Crippen LogP contribution is 2.14. The Hall–Kier alpha value is -1.43. The Morgan fingerprint density at radius 1 is 1.40 bits per heavy atom. The molecule has 20 heavy (non-hydrogen) atoms. The first-order valence-corrected chi connectivity index (χ1v) is 7.60. The summed E-state index contributed by atoms with van der Waals surface area (Å²) in [7, 11) is 0. The number of nitrogens with zero attached hydrogens (tertiary/aromatic N) is 2. The molecule has 2 heterocycles. The highest BCUT2D eigenvalue weighted by atomic mass is 79.9. The first kappa shape index (κ1) is 15.0. The van der Waals surface area contributed by atoms with Gasteiger partial charge in [0.15, 0.2) is 0 Å². The van der Waals surface area contributed by atoms with E-state index in [1.165, 1.54) is 0 Å².